The van der Waals surface area contributed by atoms with Gasteiger partial charge in [-0.2, -0.15) is 0 Å². The van der Waals surface area contributed by atoms with Crippen LogP contribution < -0.4 is 4.74 Å². The monoisotopic (exact) mass is 193 g/mol. The minimum atomic E-state index is 0. The fraction of sp³-hybridized carbons (Fsp3) is 0.286. The van der Waals surface area contributed by atoms with Gasteiger partial charge in [-0.3, -0.25) is 0 Å². The lowest BCUT2D eigenvalue weighted by molar-refractivity contribution is 0.397. The van der Waals surface area contributed by atoms with Gasteiger partial charge >= 0.3 is 0 Å². The molecule has 0 aliphatic heterocycles. The van der Waals surface area contributed by atoms with E-state index in [1.54, 1.807) is 13.2 Å². The van der Waals surface area contributed by atoms with Crippen LogP contribution in [0.5, 0.6) is 5.88 Å². The van der Waals surface area contributed by atoms with E-state index in [9.17, 15) is 0 Å². The van der Waals surface area contributed by atoms with Crippen molar-refractivity contribution >= 4 is 24.0 Å². The molecular weight excluding hydrogens is 185 g/mol. The maximum absolute atomic E-state index is 5.54. The van der Waals surface area contributed by atoms with Crippen molar-refractivity contribution < 1.29 is 4.74 Å². The second kappa shape index (κ2) is 5.22. The van der Waals surface area contributed by atoms with Crippen molar-refractivity contribution in [2.24, 2.45) is 0 Å². The molecule has 0 aliphatic rings. The Balaban J connectivity index is 0.000001000. The second-order valence-electron chi connectivity index (χ2n) is 1.80. The van der Waals surface area contributed by atoms with Gasteiger partial charge in [0.2, 0.25) is 5.88 Å². The lowest BCUT2D eigenvalue weighted by Gasteiger charge is -1.98. The maximum atomic E-state index is 5.54. The third-order valence-corrected chi connectivity index (χ3v) is 1.40. The van der Waals surface area contributed by atoms with E-state index in [1.165, 1.54) is 0 Å². The number of pyridine rings is 1. The van der Waals surface area contributed by atoms with Crippen LogP contribution in [0.2, 0.25) is 0 Å². The van der Waals surface area contributed by atoms with E-state index in [2.05, 4.69) is 4.98 Å². The molecule has 0 amide bonds. The highest BCUT2D eigenvalue weighted by atomic mass is 35.5. The summed E-state index contributed by atoms with van der Waals surface area (Å²) in [5.41, 5.74) is 0.834. The minimum absolute atomic E-state index is 0. The molecule has 0 radical (unpaired) electrons. The van der Waals surface area contributed by atoms with Gasteiger partial charge in [-0.15, -0.1) is 24.0 Å². The number of hydrogen-bond acceptors (Lipinski definition) is 2. The van der Waals surface area contributed by atoms with Gasteiger partial charge < -0.3 is 4.74 Å². The van der Waals surface area contributed by atoms with Gasteiger partial charge in [0.1, 0.15) is 0 Å². The van der Waals surface area contributed by atoms with Gasteiger partial charge in [0, 0.05) is 6.07 Å². The summed E-state index contributed by atoms with van der Waals surface area (Å²) >= 11 is 5.54. The molecular formula is C7H9Cl2NO. The highest BCUT2D eigenvalue weighted by Gasteiger charge is 1.93. The van der Waals surface area contributed by atoms with Crippen molar-refractivity contribution in [2.75, 3.05) is 7.11 Å². The quantitative estimate of drug-likeness (QED) is 0.673. The number of halogens is 2. The number of hydrogen-bond donors (Lipinski definition) is 0. The highest BCUT2D eigenvalue weighted by molar-refractivity contribution is 6.16. The van der Waals surface area contributed by atoms with Crippen LogP contribution in [0.1, 0.15) is 5.69 Å². The van der Waals surface area contributed by atoms with Crippen molar-refractivity contribution in [3.05, 3.63) is 23.9 Å². The molecule has 0 unspecified atom stereocenters. The third-order valence-electron chi connectivity index (χ3n) is 1.13. The second-order valence-corrected chi connectivity index (χ2v) is 2.07. The molecule has 0 spiro atoms. The molecule has 0 aliphatic carbocycles. The zero-order valence-corrected chi connectivity index (χ0v) is 7.65. The Labute approximate surface area is 77.0 Å². The molecule has 0 aromatic carbocycles. The Morgan fingerprint density at radius 1 is 1.55 bits per heavy atom. The van der Waals surface area contributed by atoms with Crippen molar-refractivity contribution in [1.82, 2.24) is 4.98 Å². The molecule has 1 aromatic rings. The Morgan fingerprint density at radius 2 is 2.27 bits per heavy atom. The van der Waals surface area contributed by atoms with Crippen LogP contribution in [-0.4, -0.2) is 12.1 Å². The normalized spacial score (nSPS) is 8.55. The summed E-state index contributed by atoms with van der Waals surface area (Å²) in [7, 11) is 1.58. The zero-order chi connectivity index (χ0) is 7.40. The molecule has 2 nitrogen and oxygen atoms in total. The molecule has 0 bridgehead atoms. The average molecular weight is 194 g/mol. The number of alkyl halides is 1. The number of rotatable bonds is 2. The number of methoxy groups -OCH3 is 1. The summed E-state index contributed by atoms with van der Waals surface area (Å²) in [5.74, 6) is 1.04. The first-order valence-electron chi connectivity index (χ1n) is 2.92. The Morgan fingerprint density at radius 3 is 2.82 bits per heavy atom. The predicted octanol–water partition coefficient (Wildman–Crippen LogP) is 2.25. The van der Waals surface area contributed by atoms with Gasteiger partial charge in [-0.1, -0.05) is 6.07 Å². The number of nitrogens with zero attached hydrogens (tertiary/aromatic N) is 1. The van der Waals surface area contributed by atoms with E-state index in [4.69, 9.17) is 16.3 Å². The molecule has 4 heteroatoms. The summed E-state index contributed by atoms with van der Waals surface area (Å²) in [6.45, 7) is 0. The topological polar surface area (TPSA) is 22.1 Å². The van der Waals surface area contributed by atoms with Crippen molar-refractivity contribution in [1.29, 1.82) is 0 Å². The fourth-order valence-electron chi connectivity index (χ4n) is 0.646. The van der Waals surface area contributed by atoms with Gasteiger partial charge in [-0.25, -0.2) is 4.98 Å². The van der Waals surface area contributed by atoms with E-state index in [1.807, 2.05) is 12.1 Å². The smallest absolute Gasteiger partial charge is 0.213 e. The summed E-state index contributed by atoms with van der Waals surface area (Å²) in [6.07, 6.45) is 0. The molecule has 1 aromatic heterocycles. The zero-order valence-electron chi connectivity index (χ0n) is 6.08. The molecule has 11 heavy (non-hydrogen) atoms. The molecule has 0 saturated heterocycles. The van der Waals surface area contributed by atoms with Crippen molar-refractivity contribution in [2.45, 2.75) is 5.88 Å². The van der Waals surface area contributed by atoms with Crippen LogP contribution in [0, 0.1) is 0 Å². The minimum Gasteiger partial charge on any atom is -0.481 e. The molecule has 1 heterocycles. The van der Waals surface area contributed by atoms with Crippen LogP contribution in [0.3, 0.4) is 0 Å². The van der Waals surface area contributed by atoms with Crippen LogP contribution in [-0.2, 0) is 5.88 Å². The van der Waals surface area contributed by atoms with Crippen LogP contribution >= 0.6 is 24.0 Å². The van der Waals surface area contributed by atoms with Gasteiger partial charge in [0.05, 0.1) is 18.7 Å². The van der Waals surface area contributed by atoms with Crippen molar-refractivity contribution in [3.63, 3.8) is 0 Å². The fourth-order valence-corrected chi connectivity index (χ4v) is 0.795. The summed E-state index contributed by atoms with van der Waals surface area (Å²) in [4.78, 5) is 4.06. The lowest BCUT2D eigenvalue weighted by Crippen LogP contribution is -1.89. The van der Waals surface area contributed by atoms with E-state index in [-0.39, 0.29) is 12.4 Å². The highest BCUT2D eigenvalue weighted by Crippen LogP contribution is 2.07. The van der Waals surface area contributed by atoms with Crippen LogP contribution in [0.4, 0.5) is 0 Å². The first-order chi connectivity index (χ1) is 4.86. The van der Waals surface area contributed by atoms with Gasteiger partial charge in [-0.05, 0) is 6.07 Å². The first kappa shape index (κ1) is 10.5. The Kier molecular flexibility index (Phi) is 4.99. The molecule has 0 saturated carbocycles. The van der Waals surface area contributed by atoms with Crippen LogP contribution in [0.25, 0.3) is 0 Å². The van der Waals surface area contributed by atoms with Crippen LogP contribution in [0.15, 0.2) is 18.2 Å². The largest absolute Gasteiger partial charge is 0.481 e. The average Bonchev–Trinajstić information content (AvgIpc) is 2.05. The first-order valence-corrected chi connectivity index (χ1v) is 3.46. The van der Waals surface area contributed by atoms with E-state index in [0.29, 0.717) is 11.8 Å². The Hall–Kier alpha value is -0.470. The number of ether oxygens (including phenoxy) is 1. The summed E-state index contributed by atoms with van der Waals surface area (Å²) in [5, 5.41) is 0. The molecule has 62 valence electrons. The van der Waals surface area contributed by atoms with Gasteiger partial charge in [0.15, 0.2) is 0 Å². The predicted molar refractivity (Wildman–Crippen MR) is 47.6 cm³/mol. The van der Waals surface area contributed by atoms with E-state index in [0.717, 1.165) is 5.69 Å². The van der Waals surface area contributed by atoms with E-state index >= 15 is 0 Å². The number of aromatic nitrogens is 1. The Bertz CT molecular complexity index is 198. The third kappa shape index (κ3) is 2.95. The SMILES string of the molecule is COc1cccc(CCl)n1.Cl. The molecule has 1 rings (SSSR count). The van der Waals surface area contributed by atoms with Gasteiger partial charge in [0.25, 0.3) is 0 Å². The van der Waals surface area contributed by atoms with Crippen molar-refractivity contribution in [3.8, 4) is 5.88 Å². The maximum Gasteiger partial charge on any atom is 0.213 e. The molecule has 0 atom stereocenters. The lowest BCUT2D eigenvalue weighted by atomic mass is 10.4. The molecule has 0 N–H and O–H groups in total. The standard InChI is InChI=1S/C7H8ClNO.ClH/c1-10-7-4-2-3-6(5-8)9-7;/h2-4H,5H2,1H3;1H. The summed E-state index contributed by atoms with van der Waals surface area (Å²) in [6, 6.07) is 5.51. The summed E-state index contributed by atoms with van der Waals surface area (Å²) < 4.78 is 4.89. The van der Waals surface area contributed by atoms with E-state index < -0.39 is 0 Å². The molecule has 0 fully saturated rings.